The highest BCUT2D eigenvalue weighted by molar-refractivity contribution is 5.06. The Balaban J connectivity index is 0.000000263. The molecule has 0 aromatic carbocycles. The number of aliphatic hydroxyl groups is 5. The molecule has 3 aromatic heterocycles. The summed E-state index contributed by atoms with van der Waals surface area (Å²) in [7, 11) is 0. The fourth-order valence-corrected chi connectivity index (χ4v) is 5.20. The number of hydrogen-bond donors (Lipinski definition) is 8. The largest absolute Gasteiger partial charge is 0.397 e. The highest BCUT2D eigenvalue weighted by Crippen LogP contribution is 2.27. The van der Waals surface area contributed by atoms with Gasteiger partial charge in [-0.3, -0.25) is 43.0 Å². The van der Waals surface area contributed by atoms with Crippen molar-refractivity contribution in [1.29, 1.82) is 0 Å². The molecule has 0 amide bonds. The molecule has 53 heavy (non-hydrogen) atoms. The molecule has 20 heteroatoms. The number of aryl methyl sites for hydroxylation is 3. The Morgan fingerprint density at radius 3 is 1.55 bits per heavy atom. The van der Waals surface area contributed by atoms with E-state index >= 15 is 0 Å². The van der Waals surface area contributed by atoms with Gasteiger partial charge in [0.25, 0.3) is 16.7 Å². The molecule has 296 valence electrons. The van der Waals surface area contributed by atoms with Crippen LogP contribution >= 0.6 is 0 Å². The fourth-order valence-electron chi connectivity index (χ4n) is 5.20. The Morgan fingerprint density at radius 1 is 0.660 bits per heavy atom. The van der Waals surface area contributed by atoms with E-state index in [4.69, 9.17) is 34.6 Å². The van der Waals surface area contributed by atoms with Gasteiger partial charge in [-0.15, -0.1) is 0 Å². The summed E-state index contributed by atoms with van der Waals surface area (Å²) in [5, 5.41) is 43.9. The zero-order valence-corrected chi connectivity index (χ0v) is 29.1. The van der Waals surface area contributed by atoms with Crippen LogP contribution < -0.4 is 33.7 Å². The van der Waals surface area contributed by atoms with Crippen molar-refractivity contribution < 1.29 is 39.7 Å². The van der Waals surface area contributed by atoms with Crippen molar-refractivity contribution >= 4 is 0 Å². The zero-order chi connectivity index (χ0) is 38.7. The molecule has 0 radical (unpaired) electrons. The first kappa shape index (κ1) is 44.6. The molecule has 0 saturated carbocycles. The number of aliphatic hydroxyl groups excluding tert-OH is 5. The third-order valence-corrected chi connectivity index (χ3v) is 7.99. The SMILES string of the molecule is C.CCO.Cc1cn([C@H]2C=C[C@@H](CO)O2)c(=O)[nH]c1=O.Cc1cn([C@H]2CC(O)[C@@H](CO)O2)c(=O)[nH]c1=O.Cc1cn([C@H]2CC[C@@H](CO)O2)c(=O)[nH]c1=O. The Hall–Kier alpha value is -4.54. The number of aromatic nitrogens is 6. The Bertz CT molecular complexity index is 2010. The lowest BCUT2D eigenvalue weighted by Crippen LogP contribution is -2.33. The predicted octanol–water partition coefficient (Wildman–Crippen LogP) is -2.07. The molecule has 1 unspecified atom stereocenters. The number of rotatable bonds is 6. The predicted molar refractivity (Wildman–Crippen MR) is 190 cm³/mol. The highest BCUT2D eigenvalue weighted by atomic mass is 16.5. The molecule has 0 aliphatic carbocycles. The third-order valence-electron chi connectivity index (χ3n) is 7.99. The summed E-state index contributed by atoms with van der Waals surface area (Å²) in [6, 6.07) is 0. The normalized spacial score (nSPS) is 24.2. The highest BCUT2D eigenvalue weighted by Gasteiger charge is 2.35. The lowest BCUT2D eigenvalue weighted by molar-refractivity contribution is -0.0459. The number of ether oxygens (including phenoxy) is 3. The van der Waals surface area contributed by atoms with Gasteiger partial charge in [0.05, 0.1) is 32.0 Å². The minimum atomic E-state index is -0.816. The topological polar surface area (TPSA) is 293 Å². The second-order valence-electron chi connectivity index (χ2n) is 12.0. The summed E-state index contributed by atoms with van der Waals surface area (Å²) < 4.78 is 20.0. The van der Waals surface area contributed by atoms with Crippen LogP contribution in [-0.2, 0) is 14.2 Å². The number of nitrogens with zero attached hydrogens (tertiary/aromatic N) is 3. The summed E-state index contributed by atoms with van der Waals surface area (Å²) in [6.45, 7) is 6.25. The first-order chi connectivity index (χ1) is 24.7. The van der Waals surface area contributed by atoms with E-state index in [2.05, 4.69) is 15.0 Å². The van der Waals surface area contributed by atoms with E-state index in [1.54, 1.807) is 39.8 Å². The molecular weight excluding hydrogens is 704 g/mol. The molecule has 3 aromatic rings. The van der Waals surface area contributed by atoms with Crippen LogP contribution in [0.1, 0.15) is 69.0 Å². The fraction of sp³-hybridized carbons (Fsp3) is 0.576. The van der Waals surface area contributed by atoms with E-state index in [1.165, 1.54) is 32.3 Å². The molecule has 6 heterocycles. The van der Waals surface area contributed by atoms with Crippen LogP contribution in [0, 0.1) is 20.8 Å². The second-order valence-corrected chi connectivity index (χ2v) is 12.0. The van der Waals surface area contributed by atoms with Crippen LogP contribution in [-0.4, -0.2) is 105 Å². The average molecular weight is 755 g/mol. The molecule has 0 bridgehead atoms. The molecule has 3 aliphatic heterocycles. The Morgan fingerprint density at radius 2 is 1.13 bits per heavy atom. The first-order valence-corrected chi connectivity index (χ1v) is 16.4. The summed E-state index contributed by atoms with van der Waals surface area (Å²) in [4.78, 5) is 74.7. The van der Waals surface area contributed by atoms with Gasteiger partial charge in [-0.05, 0) is 46.6 Å². The van der Waals surface area contributed by atoms with Crippen LogP contribution in [0.15, 0.2) is 59.5 Å². The monoisotopic (exact) mass is 754 g/mol. The minimum Gasteiger partial charge on any atom is -0.397 e. The standard InChI is InChI=1S/C10H14N2O5.C10H14N2O4.C10H12N2O4.C2H6O.CH4/c1-5-3-12(10(16)11-9(5)15)8-2-6(14)7(4-13)17-8;2*1-6-4-12(10(15)11-9(6)14)8-3-2-7(5-13)16-8;1-2-3;/h3,6-8,13-14H,2,4H2,1H3,(H,11,15,16);4,7-8,13H,2-3,5H2,1H3,(H,11,14,15);2-4,7-8,13H,5H2,1H3,(H,11,14,15);3H,2H2,1H3;1H4/t6?,7-,8-;2*7-,8+;;/m100../s1. The molecule has 0 spiro atoms. The van der Waals surface area contributed by atoms with Crippen molar-refractivity contribution in [2.75, 3.05) is 26.4 Å². The Kier molecular flexibility index (Phi) is 17.4. The van der Waals surface area contributed by atoms with Crippen molar-refractivity contribution in [3.63, 3.8) is 0 Å². The van der Waals surface area contributed by atoms with Gasteiger partial charge in [0.1, 0.15) is 24.7 Å². The molecule has 2 saturated heterocycles. The molecule has 7 atom stereocenters. The molecule has 6 rings (SSSR count). The van der Waals surface area contributed by atoms with Crippen molar-refractivity contribution in [2.24, 2.45) is 0 Å². The van der Waals surface area contributed by atoms with E-state index < -0.39 is 59.0 Å². The van der Waals surface area contributed by atoms with Gasteiger partial charge >= 0.3 is 17.1 Å². The van der Waals surface area contributed by atoms with E-state index in [9.17, 15) is 33.9 Å². The maximum Gasteiger partial charge on any atom is 0.330 e. The summed E-state index contributed by atoms with van der Waals surface area (Å²) >= 11 is 0. The van der Waals surface area contributed by atoms with E-state index in [0.29, 0.717) is 29.5 Å². The summed E-state index contributed by atoms with van der Waals surface area (Å²) in [5.74, 6) is 0. The number of hydrogen-bond acceptors (Lipinski definition) is 14. The lowest BCUT2D eigenvalue weighted by Gasteiger charge is -2.14. The molecule has 20 nitrogen and oxygen atoms in total. The summed E-state index contributed by atoms with van der Waals surface area (Å²) in [5.41, 5.74) is -1.52. The van der Waals surface area contributed by atoms with Crippen LogP contribution in [0.2, 0.25) is 0 Å². The maximum atomic E-state index is 11.6. The van der Waals surface area contributed by atoms with Crippen molar-refractivity contribution in [3.05, 3.63) is 110 Å². The second kappa shape index (κ2) is 20.6. The molecule has 3 aliphatic rings. The third kappa shape index (κ3) is 11.7. The van der Waals surface area contributed by atoms with Gasteiger partial charge in [0, 0.05) is 48.3 Å². The van der Waals surface area contributed by atoms with Gasteiger partial charge in [-0.1, -0.05) is 13.5 Å². The zero-order valence-electron chi connectivity index (χ0n) is 29.1. The summed E-state index contributed by atoms with van der Waals surface area (Å²) in [6.07, 6.45) is 5.50. The van der Waals surface area contributed by atoms with E-state index in [0.717, 1.165) is 0 Å². The van der Waals surface area contributed by atoms with Crippen LogP contribution in [0.4, 0.5) is 0 Å². The number of H-pyrrole nitrogens is 3. The van der Waals surface area contributed by atoms with Gasteiger partial charge in [0.2, 0.25) is 0 Å². The number of nitrogens with one attached hydrogen (secondary N) is 3. The molecular formula is C33H50N6O14. The van der Waals surface area contributed by atoms with Crippen LogP contribution in [0.25, 0.3) is 0 Å². The van der Waals surface area contributed by atoms with Crippen LogP contribution in [0.3, 0.4) is 0 Å². The number of aromatic amines is 3. The minimum absolute atomic E-state index is 0. The van der Waals surface area contributed by atoms with E-state index in [1.807, 2.05) is 0 Å². The molecule has 2 fully saturated rings. The maximum absolute atomic E-state index is 11.6. The van der Waals surface area contributed by atoms with Crippen molar-refractivity contribution in [1.82, 2.24) is 28.7 Å². The quantitative estimate of drug-likeness (QED) is 0.126. The Labute approximate surface area is 302 Å². The van der Waals surface area contributed by atoms with Gasteiger partial charge in [-0.2, -0.15) is 0 Å². The smallest absolute Gasteiger partial charge is 0.330 e. The molecule has 8 N–H and O–H groups in total. The van der Waals surface area contributed by atoms with Crippen molar-refractivity contribution in [3.8, 4) is 0 Å². The van der Waals surface area contributed by atoms with Crippen molar-refractivity contribution in [2.45, 2.75) is 97.5 Å². The van der Waals surface area contributed by atoms with E-state index in [-0.39, 0.29) is 58.2 Å². The van der Waals surface area contributed by atoms with Crippen LogP contribution in [0.5, 0.6) is 0 Å². The van der Waals surface area contributed by atoms with Gasteiger partial charge in [0.15, 0.2) is 6.23 Å². The van der Waals surface area contributed by atoms with Gasteiger partial charge in [-0.25, -0.2) is 14.4 Å². The van der Waals surface area contributed by atoms with Gasteiger partial charge < -0.3 is 39.7 Å². The lowest BCUT2D eigenvalue weighted by atomic mass is 10.2. The average Bonchev–Trinajstić information content (AvgIpc) is 3.87. The first-order valence-electron chi connectivity index (χ1n) is 16.4.